The van der Waals surface area contributed by atoms with E-state index in [1.807, 2.05) is 25.1 Å². The van der Waals surface area contributed by atoms with Gasteiger partial charge in [0.1, 0.15) is 0 Å². The molecule has 0 aliphatic carbocycles. The maximum atomic E-state index is 12.0. The molecule has 2 rings (SSSR count). The van der Waals surface area contributed by atoms with Gasteiger partial charge in [0.05, 0.1) is 4.90 Å². The number of hydrogen-bond acceptors (Lipinski definition) is 2. The maximum absolute atomic E-state index is 12.0. The molecule has 0 fully saturated rings. The van der Waals surface area contributed by atoms with Gasteiger partial charge in [-0.05, 0) is 25.1 Å². The number of hydrogen-bond donors (Lipinski definition) is 0. The summed E-state index contributed by atoms with van der Waals surface area (Å²) in [5.41, 5.74) is 1.73. The van der Waals surface area contributed by atoms with Crippen LogP contribution in [0.4, 0.5) is 0 Å². The summed E-state index contributed by atoms with van der Waals surface area (Å²) in [7, 11) is -3.64. The third-order valence-electron chi connectivity index (χ3n) is 2.55. The second-order valence-electron chi connectivity index (χ2n) is 4.04. The number of sulfonamides is 1. The lowest BCUT2D eigenvalue weighted by Crippen LogP contribution is -1.98. The highest BCUT2D eigenvalue weighted by Crippen LogP contribution is 2.16. The van der Waals surface area contributed by atoms with Crippen molar-refractivity contribution in [3.63, 3.8) is 0 Å². The van der Waals surface area contributed by atoms with Gasteiger partial charge in [-0.15, -0.1) is 0 Å². The third-order valence-corrected chi connectivity index (χ3v) is 4.53. The Labute approximate surface area is 121 Å². The van der Waals surface area contributed by atoms with Gasteiger partial charge >= 0.3 is 0 Å². The van der Waals surface area contributed by atoms with Crippen molar-refractivity contribution in [2.75, 3.05) is 0 Å². The fourth-order valence-electron chi connectivity index (χ4n) is 1.48. The summed E-state index contributed by atoms with van der Waals surface area (Å²) in [6.45, 7) is 1.90. The van der Waals surface area contributed by atoms with Crippen LogP contribution in [0.25, 0.3) is 0 Å². The first-order chi connectivity index (χ1) is 8.99. The fourth-order valence-corrected chi connectivity index (χ4v) is 2.72. The van der Waals surface area contributed by atoms with E-state index in [0.717, 1.165) is 15.6 Å². The summed E-state index contributed by atoms with van der Waals surface area (Å²) in [6.07, 6.45) is 1.35. The summed E-state index contributed by atoms with van der Waals surface area (Å²) in [5, 5.41) is 0. The maximum Gasteiger partial charge on any atom is 0.282 e. The van der Waals surface area contributed by atoms with E-state index in [4.69, 9.17) is 0 Å². The molecule has 0 heterocycles. The molecule has 0 unspecified atom stereocenters. The average molecular weight is 338 g/mol. The van der Waals surface area contributed by atoms with Crippen molar-refractivity contribution < 1.29 is 8.42 Å². The molecular weight excluding hydrogens is 326 g/mol. The summed E-state index contributed by atoms with van der Waals surface area (Å²) < 4.78 is 28.5. The Bertz CT molecular complexity index is 706. The Morgan fingerprint density at radius 1 is 1.05 bits per heavy atom. The molecule has 0 bridgehead atoms. The van der Waals surface area contributed by atoms with Crippen LogP contribution in [0.3, 0.4) is 0 Å². The molecule has 5 heteroatoms. The van der Waals surface area contributed by atoms with Gasteiger partial charge in [0.15, 0.2) is 0 Å². The number of nitrogens with zero attached hydrogens (tertiary/aromatic N) is 1. The second-order valence-corrected chi connectivity index (χ2v) is 6.53. The number of rotatable bonds is 3. The van der Waals surface area contributed by atoms with Crippen molar-refractivity contribution in [1.82, 2.24) is 0 Å². The Morgan fingerprint density at radius 2 is 1.68 bits per heavy atom. The van der Waals surface area contributed by atoms with Gasteiger partial charge in [0, 0.05) is 16.3 Å². The lowest BCUT2D eigenvalue weighted by Gasteiger charge is -2.00. The zero-order valence-electron chi connectivity index (χ0n) is 10.2. The van der Waals surface area contributed by atoms with Gasteiger partial charge in [0.25, 0.3) is 10.0 Å². The topological polar surface area (TPSA) is 46.5 Å². The molecule has 0 aromatic heterocycles. The fraction of sp³-hybridized carbons (Fsp3) is 0.0714. The molecule has 0 saturated carbocycles. The highest BCUT2D eigenvalue weighted by atomic mass is 79.9. The number of benzene rings is 2. The minimum Gasteiger partial charge on any atom is -0.199 e. The molecule has 19 heavy (non-hydrogen) atoms. The highest BCUT2D eigenvalue weighted by Gasteiger charge is 2.11. The van der Waals surface area contributed by atoms with Gasteiger partial charge in [-0.25, -0.2) is 0 Å². The smallest absolute Gasteiger partial charge is 0.199 e. The second kappa shape index (κ2) is 5.67. The predicted octanol–water partition coefficient (Wildman–Crippen LogP) is 3.57. The van der Waals surface area contributed by atoms with Gasteiger partial charge in [0.2, 0.25) is 0 Å². The third kappa shape index (κ3) is 3.52. The van der Waals surface area contributed by atoms with Crippen LogP contribution in [0.15, 0.2) is 62.3 Å². The largest absolute Gasteiger partial charge is 0.282 e. The van der Waals surface area contributed by atoms with E-state index in [-0.39, 0.29) is 4.90 Å². The van der Waals surface area contributed by atoms with Crippen molar-refractivity contribution >= 4 is 32.2 Å². The molecule has 0 saturated heterocycles. The number of aryl methyl sites for hydroxylation is 1. The van der Waals surface area contributed by atoms with Crippen LogP contribution in [0.1, 0.15) is 11.1 Å². The number of halogens is 1. The molecule has 0 aliphatic rings. The first-order valence-corrected chi connectivity index (χ1v) is 7.84. The van der Waals surface area contributed by atoms with Crippen molar-refractivity contribution in [3.05, 3.63) is 64.1 Å². The van der Waals surface area contributed by atoms with E-state index in [0.29, 0.717) is 0 Å². The lowest BCUT2D eigenvalue weighted by atomic mass is 10.2. The molecule has 98 valence electrons. The molecule has 0 radical (unpaired) electrons. The molecule has 0 atom stereocenters. The quantitative estimate of drug-likeness (QED) is 0.804. The average Bonchev–Trinajstić information content (AvgIpc) is 2.38. The molecule has 2 aromatic rings. The van der Waals surface area contributed by atoms with Gasteiger partial charge in [-0.2, -0.15) is 12.8 Å². The lowest BCUT2D eigenvalue weighted by molar-refractivity contribution is 0.598. The van der Waals surface area contributed by atoms with Crippen LogP contribution in [-0.4, -0.2) is 14.6 Å². The predicted molar refractivity (Wildman–Crippen MR) is 80.1 cm³/mol. The van der Waals surface area contributed by atoms with E-state index in [1.54, 1.807) is 30.3 Å². The van der Waals surface area contributed by atoms with Gasteiger partial charge in [-0.1, -0.05) is 51.8 Å². The Balaban J connectivity index is 2.32. The van der Waals surface area contributed by atoms with Gasteiger partial charge < -0.3 is 0 Å². The Kier molecular flexibility index (Phi) is 4.17. The van der Waals surface area contributed by atoms with E-state index < -0.39 is 10.0 Å². The molecule has 2 aromatic carbocycles. The van der Waals surface area contributed by atoms with Crippen LogP contribution in [0.5, 0.6) is 0 Å². The SMILES string of the molecule is Cc1ccc(S(=O)(=O)/N=C\c2ccccc2Br)cc1. The summed E-state index contributed by atoms with van der Waals surface area (Å²) in [4.78, 5) is 0.196. The Hall–Kier alpha value is -1.46. The molecule has 0 aliphatic heterocycles. The molecule has 0 amide bonds. The van der Waals surface area contributed by atoms with Crippen LogP contribution in [-0.2, 0) is 10.0 Å². The van der Waals surface area contributed by atoms with Crippen LogP contribution in [0.2, 0.25) is 0 Å². The van der Waals surface area contributed by atoms with E-state index in [2.05, 4.69) is 20.3 Å². The van der Waals surface area contributed by atoms with Crippen molar-refractivity contribution in [1.29, 1.82) is 0 Å². The monoisotopic (exact) mass is 337 g/mol. The molecule has 3 nitrogen and oxygen atoms in total. The van der Waals surface area contributed by atoms with Crippen LogP contribution < -0.4 is 0 Å². The summed E-state index contributed by atoms with van der Waals surface area (Å²) in [6, 6.07) is 13.9. The van der Waals surface area contributed by atoms with Crippen LogP contribution >= 0.6 is 15.9 Å². The zero-order chi connectivity index (χ0) is 13.9. The normalized spacial score (nSPS) is 11.9. The highest BCUT2D eigenvalue weighted by molar-refractivity contribution is 9.10. The minimum absolute atomic E-state index is 0.196. The van der Waals surface area contributed by atoms with E-state index in [9.17, 15) is 8.42 Å². The van der Waals surface area contributed by atoms with Crippen molar-refractivity contribution in [3.8, 4) is 0 Å². The first kappa shape index (κ1) is 14.0. The van der Waals surface area contributed by atoms with E-state index >= 15 is 0 Å². The summed E-state index contributed by atoms with van der Waals surface area (Å²) >= 11 is 3.34. The zero-order valence-corrected chi connectivity index (χ0v) is 12.6. The van der Waals surface area contributed by atoms with E-state index in [1.165, 1.54) is 6.21 Å². The minimum atomic E-state index is -3.64. The standard InChI is InChI=1S/C14H12BrNO2S/c1-11-6-8-13(9-7-11)19(17,18)16-10-12-4-2-3-5-14(12)15/h2-10H,1H3/b16-10-. The molecule has 0 N–H and O–H groups in total. The van der Waals surface area contributed by atoms with Crippen molar-refractivity contribution in [2.24, 2.45) is 4.40 Å². The van der Waals surface area contributed by atoms with Crippen LogP contribution in [0, 0.1) is 6.92 Å². The molecular formula is C14H12BrNO2S. The molecule has 0 spiro atoms. The Morgan fingerprint density at radius 3 is 2.32 bits per heavy atom. The van der Waals surface area contributed by atoms with Crippen molar-refractivity contribution in [2.45, 2.75) is 11.8 Å². The van der Waals surface area contributed by atoms with Gasteiger partial charge in [-0.3, -0.25) is 0 Å². The first-order valence-electron chi connectivity index (χ1n) is 5.60. The summed E-state index contributed by atoms with van der Waals surface area (Å²) in [5.74, 6) is 0.